The van der Waals surface area contributed by atoms with Gasteiger partial charge in [-0.1, -0.05) is 44.0 Å². The smallest absolute Gasteiger partial charge is 0.230 e. The van der Waals surface area contributed by atoms with Crippen LogP contribution < -0.4 is 10.6 Å². The van der Waals surface area contributed by atoms with E-state index in [1.165, 1.54) is 12.1 Å². The maximum Gasteiger partial charge on any atom is 0.230 e. The number of amides is 2. The van der Waals surface area contributed by atoms with Crippen LogP contribution >= 0.6 is 0 Å². The third-order valence-electron chi connectivity index (χ3n) is 5.41. The van der Waals surface area contributed by atoms with Crippen LogP contribution in [0, 0.1) is 5.82 Å². The summed E-state index contributed by atoms with van der Waals surface area (Å²) < 4.78 is 13.7. The summed E-state index contributed by atoms with van der Waals surface area (Å²) in [6, 6.07) is 13.9. The van der Waals surface area contributed by atoms with Crippen LogP contribution in [-0.2, 0) is 21.5 Å². The number of carbonyl (C=O) groups excluding carboxylic acids is 2. The number of nitrogens with one attached hydrogen (secondary N) is 2. The highest BCUT2D eigenvalue weighted by Gasteiger charge is 2.42. The van der Waals surface area contributed by atoms with Crippen molar-refractivity contribution < 1.29 is 14.0 Å². The van der Waals surface area contributed by atoms with E-state index in [4.69, 9.17) is 0 Å². The molecule has 4 nitrogen and oxygen atoms in total. The molecule has 0 aromatic heterocycles. The lowest BCUT2D eigenvalue weighted by atomic mass is 9.78. The molecular formula is C23H27FN2O2. The van der Waals surface area contributed by atoms with Crippen LogP contribution in [0.15, 0.2) is 48.5 Å². The van der Waals surface area contributed by atoms with Crippen LogP contribution in [0.5, 0.6) is 0 Å². The lowest BCUT2D eigenvalue weighted by Gasteiger charge is -2.28. The highest BCUT2D eigenvalue weighted by atomic mass is 19.1. The Kier molecular flexibility index (Phi) is 6.45. The monoisotopic (exact) mass is 382 g/mol. The van der Waals surface area contributed by atoms with Crippen molar-refractivity contribution >= 4 is 17.5 Å². The van der Waals surface area contributed by atoms with Gasteiger partial charge in [-0.25, -0.2) is 4.39 Å². The third-order valence-corrected chi connectivity index (χ3v) is 5.41. The minimum absolute atomic E-state index is 0.0142. The number of benzene rings is 2. The molecule has 28 heavy (non-hydrogen) atoms. The lowest BCUT2D eigenvalue weighted by Crippen LogP contribution is -2.42. The molecule has 1 saturated carbocycles. The molecule has 3 rings (SSSR count). The molecule has 0 spiro atoms. The Morgan fingerprint density at radius 2 is 1.82 bits per heavy atom. The van der Waals surface area contributed by atoms with E-state index in [2.05, 4.69) is 10.6 Å². The van der Waals surface area contributed by atoms with Gasteiger partial charge in [0.05, 0.1) is 5.41 Å². The van der Waals surface area contributed by atoms with Crippen molar-refractivity contribution in [1.82, 2.24) is 5.32 Å². The predicted molar refractivity (Wildman–Crippen MR) is 108 cm³/mol. The van der Waals surface area contributed by atoms with Gasteiger partial charge in [0.1, 0.15) is 5.82 Å². The fraction of sp³-hybridized carbons (Fsp3) is 0.391. The predicted octanol–water partition coefficient (Wildman–Crippen LogP) is 4.69. The zero-order valence-corrected chi connectivity index (χ0v) is 16.3. The van der Waals surface area contributed by atoms with E-state index in [-0.39, 0.29) is 17.6 Å². The molecule has 2 aromatic carbocycles. The summed E-state index contributed by atoms with van der Waals surface area (Å²) in [7, 11) is 0. The molecule has 0 heterocycles. The molecule has 1 aliphatic carbocycles. The fourth-order valence-electron chi connectivity index (χ4n) is 3.97. The number of hydrogen-bond acceptors (Lipinski definition) is 2. The maximum absolute atomic E-state index is 13.7. The van der Waals surface area contributed by atoms with Gasteiger partial charge in [-0.2, -0.15) is 0 Å². The summed E-state index contributed by atoms with van der Waals surface area (Å²) >= 11 is 0. The average Bonchev–Trinajstić information content (AvgIpc) is 3.18. The highest BCUT2D eigenvalue weighted by Crippen LogP contribution is 2.41. The van der Waals surface area contributed by atoms with Gasteiger partial charge in [-0.3, -0.25) is 9.59 Å². The van der Waals surface area contributed by atoms with E-state index in [1.807, 2.05) is 37.3 Å². The largest absolute Gasteiger partial charge is 0.351 e. The first kappa shape index (κ1) is 20.1. The van der Waals surface area contributed by atoms with E-state index in [1.54, 1.807) is 6.07 Å². The third kappa shape index (κ3) is 4.58. The number of rotatable bonds is 7. The van der Waals surface area contributed by atoms with Crippen LogP contribution in [-0.4, -0.2) is 11.8 Å². The van der Waals surface area contributed by atoms with Crippen LogP contribution in [0.2, 0.25) is 0 Å². The van der Waals surface area contributed by atoms with Gasteiger partial charge >= 0.3 is 0 Å². The summed E-state index contributed by atoms with van der Waals surface area (Å²) in [5.74, 6) is -0.386. The number of carbonyl (C=O) groups is 2. The molecule has 2 aromatic rings. The Labute approximate surface area is 165 Å². The quantitative estimate of drug-likeness (QED) is 0.730. The van der Waals surface area contributed by atoms with E-state index in [0.29, 0.717) is 13.0 Å². The van der Waals surface area contributed by atoms with Crippen molar-refractivity contribution in [3.05, 3.63) is 65.5 Å². The molecule has 1 aliphatic rings. The zero-order valence-electron chi connectivity index (χ0n) is 16.3. The van der Waals surface area contributed by atoms with Crippen molar-refractivity contribution in [1.29, 1.82) is 0 Å². The molecule has 0 radical (unpaired) electrons. The van der Waals surface area contributed by atoms with Gasteiger partial charge in [0, 0.05) is 18.7 Å². The molecule has 2 N–H and O–H groups in total. The molecule has 0 bridgehead atoms. The van der Waals surface area contributed by atoms with Crippen LogP contribution in [0.4, 0.5) is 10.1 Å². The molecule has 148 valence electrons. The molecule has 2 amide bonds. The highest BCUT2D eigenvalue weighted by molar-refractivity contribution is 5.91. The van der Waals surface area contributed by atoms with Crippen LogP contribution in [0.25, 0.3) is 0 Å². The molecule has 0 saturated heterocycles. The summed E-state index contributed by atoms with van der Waals surface area (Å²) in [6.07, 6.45) is 4.66. The van der Waals surface area contributed by atoms with E-state index >= 15 is 0 Å². The van der Waals surface area contributed by atoms with Gasteiger partial charge in [0.15, 0.2) is 0 Å². The number of halogens is 1. The fourth-order valence-corrected chi connectivity index (χ4v) is 3.97. The van der Waals surface area contributed by atoms with Crippen molar-refractivity contribution in [2.24, 2.45) is 0 Å². The normalized spacial score (nSPS) is 15.2. The summed E-state index contributed by atoms with van der Waals surface area (Å²) in [5, 5.41) is 5.90. The van der Waals surface area contributed by atoms with E-state index < -0.39 is 5.41 Å². The van der Waals surface area contributed by atoms with Crippen molar-refractivity contribution in [3.63, 3.8) is 0 Å². The average molecular weight is 382 g/mol. The standard InChI is InChI=1S/C23H27FN2O2/c1-2-7-21(27)26-20-11-5-8-17(14-20)16-25-22(28)23(12-3-4-13-23)18-9-6-10-19(24)15-18/h5-6,8-11,14-15H,2-4,7,12-13,16H2,1H3,(H,25,28)(H,26,27). The zero-order chi connectivity index (χ0) is 20.0. The number of anilines is 1. The molecule has 0 aliphatic heterocycles. The second-order valence-corrected chi connectivity index (χ2v) is 7.48. The first-order valence-electron chi connectivity index (χ1n) is 9.96. The van der Waals surface area contributed by atoms with Crippen LogP contribution in [0.1, 0.15) is 56.6 Å². The Bertz CT molecular complexity index is 844. The first-order valence-corrected chi connectivity index (χ1v) is 9.96. The van der Waals surface area contributed by atoms with Gasteiger partial charge in [0.2, 0.25) is 11.8 Å². The van der Waals surface area contributed by atoms with Gasteiger partial charge in [-0.05, 0) is 54.7 Å². The van der Waals surface area contributed by atoms with E-state index in [9.17, 15) is 14.0 Å². The minimum atomic E-state index is -0.658. The molecule has 0 unspecified atom stereocenters. The Morgan fingerprint density at radius 1 is 1.07 bits per heavy atom. The topological polar surface area (TPSA) is 58.2 Å². The Morgan fingerprint density at radius 3 is 2.54 bits per heavy atom. The molecular weight excluding hydrogens is 355 g/mol. The second-order valence-electron chi connectivity index (χ2n) is 7.48. The molecule has 1 fully saturated rings. The summed E-state index contributed by atoms with van der Waals surface area (Å²) in [6.45, 7) is 2.33. The summed E-state index contributed by atoms with van der Waals surface area (Å²) in [5.41, 5.74) is 1.73. The molecule has 0 atom stereocenters. The minimum Gasteiger partial charge on any atom is -0.351 e. The Hall–Kier alpha value is -2.69. The van der Waals surface area contributed by atoms with Gasteiger partial charge in [0.25, 0.3) is 0 Å². The van der Waals surface area contributed by atoms with Crippen molar-refractivity contribution in [2.45, 2.75) is 57.4 Å². The Balaban J connectivity index is 1.69. The SMILES string of the molecule is CCCC(=O)Nc1cccc(CNC(=O)C2(c3cccc(F)c3)CCCC2)c1. The number of hydrogen-bond donors (Lipinski definition) is 2. The van der Waals surface area contributed by atoms with Crippen molar-refractivity contribution in [2.75, 3.05) is 5.32 Å². The van der Waals surface area contributed by atoms with Crippen molar-refractivity contribution in [3.8, 4) is 0 Å². The molecule has 5 heteroatoms. The van der Waals surface area contributed by atoms with Gasteiger partial charge < -0.3 is 10.6 Å². The summed E-state index contributed by atoms with van der Waals surface area (Å²) in [4.78, 5) is 24.9. The van der Waals surface area contributed by atoms with Gasteiger partial charge in [-0.15, -0.1) is 0 Å². The van der Waals surface area contributed by atoms with Crippen LogP contribution in [0.3, 0.4) is 0 Å². The maximum atomic E-state index is 13.7. The first-order chi connectivity index (χ1) is 13.5. The second kappa shape index (κ2) is 9.00. The lowest BCUT2D eigenvalue weighted by molar-refractivity contribution is -0.126. The van der Waals surface area contributed by atoms with E-state index in [0.717, 1.165) is 48.9 Å².